The molecule has 0 bridgehead atoms. The molecule has 31 heavy (non-hydrogen) atoms. The molecule has 2 saturated heterocycles. The van der Waals surface area contributed by atoms with Gasteiger partial charge in [-0.05, 0) is 56.7 Å². The first-order chi connectivity index (χ1) is 15.2. The number of rotatable bonds is 7. The lowest BCUT2D eigenvalue weighted by Gasteiger charge is -2.38. The molecule has 0 radical (unpaired) electrons. The highest BCUT2D eigenvalue weighted by molar-refractivity contribution is 5.80. The first-order valence-corrected chi connectivity index (χ1v) is 12.2. The van der Waals surface area contributed by atoms with Gasteiger partial charge in [0.15, 0.2) is 5.96 Å². The van der Waals surface area contributed by atoms with Crippen molar-refractivity contribution in [1.29, 1.82) is 0 Å². The Hall–Kier alpha value is -1.79. The Morgan fingerprint density at radius 3 is 2.58 bits per heavy atom. The van der Waals surface area contributed by atoms with Gasteiger partial charge in [0.05, 0.1) is 6.61 Å². The van der Waals surface area contributed by atoms with Crippen LogP contribution in [0.4, 0.5) is 0 Å². The molecule has 1 saturated carbocycles. The molecule has 0 amide bonds. The van der Waals surface area contributed by atoms with Crippen LogP contribution in [0.15, 0.2) is 29.3 Å². The zero-order chi connectivity index (χ0) is 21.5. The maximum Gasteiger partial charge on any atom is 0.191 e. The molecule has 2 aliphatic heterocycles. The van der Waals surface area contributed by atoms with E-state index >= 15 is 0 Å². The molecule has 4 rings (SSSR count). The highest BCUT2D eigenvalue weighted by atomic mass is 16.5. The minimum atomic E-state index is 0.0617. The molecule has 1 atom stereocenters. The van der Waals surface area contributed by atoms with Gasteiger partial charge in [-0.15, -0.1) is 0 Å². The Labute approximate surface area is 187 Å². The van der Waals surface area contributed by atoms with Gasteiger partial charge < -0.3 is 20.1 Å². The maximum atomic E-state index is 5.71. The summed E-state index contributed by atoms with van der Waals surface area (Å²) in [5.41, 5.74) is 1.42. The monoisotopic (exact) mass is 428 g/mol. The van der Waals surface area contributed by atoms with E-state index in [0.29, 0.717) is 12.6 Å². The van der Waals surface area contributed by atoms with Gasteiger partial charge in [0, 0.05) is 57.4 Å². The summed E-state index contributed by atoms with van der Waals surface area (Å²) < 4.78 is 11.3. The maximum absolute atomic E-state index is 5.71. The van der Waals surface area contributed by atoms with Crippen molar-refractivity contribution in [2.24, 2.45) is 4.99 Å². The number of benzene rings is 1. The summed E-state index contributed by atoms with van der Waals surface area (Å²) in [4.78, 5) is 7.24. The number of nitrogens with zero attached hydrogens (tertiary/aromatic N) is 2. The molecule has 6 nitrogen and oxygen atoms in total. The minimum absolute atomic E-state index is 0.0617. The molecule has 1 aliphatic carbocycles. The standard InChI is InChI=1S/C25H40N4O2/c1-3-31-23-10-8-20(9-11-23)25(13-16-30-17-14-25)19-27-24(26-2)28-21-12-15-29(18-21)22-6-4-5-7-22/h8-11,21-22H,3-7,12-19H2,1-2H3,(H2,26,27,28). The van der Waals surface area contributed by atoms with Gasteiger partial charge >= 0.3 is 0 Å². The molecule has 1 aromatic rings. The van der Waals surface area contributed by atoms with Gasteiger partial charge in [-0.2, -0.15) is 0 Å². The summed E-state index contributed by atoms with van der Waals surface area (Å²) in [5, 5.41) is 7.36. The summed E-state index contributed by atoms with van der Waals surface area (Å²) >= 11 is 0. The predicted octanol–water partition coefficient (Wildman–Crippen LogP) is 3.32. The Balaban J connectivity index is 1.36. The predicted molar refractivity (Wildman–Crippen MR) is 126 cm³/mol. The van der Waals surface area contributed by atoms with Gasteiger partial charge in [0.25, 0.3) is 0 Å². The molecule has 1 aromatic carbocycles. The van der Waals surface area contributed by atoms with Crippen LogP contribution < -0.4 is 15.4 Å². The topological polar surface area (TPSA) is 58.1 Å². The van der Waals surface area contributed by atoms with Crippen molar-refractivity contribution < 1.29 is 9.47 Å². The quantitative estimate of drug-likeness (QED) is 0.515. The van der Waals surface area contributed by atoms with Crippen molar-refractivity contribution in [3.63, 3.8) is 0 Å². The van der Waals surface area contributed by atoms with Crippen LogP contribution in [0.5, 0.6) is 5.75 Å². The molecule has 172 valence electrons. The van der Waals surface area contributed by atoms with Gasteiger partial charge in [-0.3, -0.25) is 9.89 Å². The first-order valence-electron chi connectivity index (χ1n) is 12.2. The molecule has 1 unspecified atom stereocenters. The van der Waals surface area contributed by atoms with Crippen LogP contribution in [0, 0.1) is 0 Å². The molecule has 2 heterocycles. The van der Waals surface area contributed by atoms with E-state index in [-0.39, 0.29) is 5.41 Å². The van der Waals surface area contributed by atoms with Crippen LogP contribution in [0.1, 0.15) is 57.4 Å². The molecule has 6 heteroatoms. The Kier molecular flexibility index (Phi) is 7.72. The third-order valence-electron chi connectivity index (χ3n) is 7.45. The number of nitrogens with one attached hydrogen (secondary N) is 2. The molecule has 3 fully saturated rings. The van der Waals surface area contributed by atoms with Crippen LogP contribution in [-0.4, -0.2) is 69.4 Å². The smallest absolute Gasteiger partial charge is 0.191 e. The third-order valence-corrected chi connectivity index (χ3v) is 7.45. The fraction of sp³-hybridized carbons (Fsp3) is 0.720. The van der Waals surface area contributed by atoms with E-state index in [4.69, 9.17) is 9.47 Å². The van der Waals surface area contributed by atoms with Gasteiger partial charge in [0.1, 0.15) is 5.75 Å². The van der Waals surface area contributed by atoms with Crippen molar-refractivity contribution in [2.45, 2.75) is 69.4 Å². The number of aliphatic imine (C=N–C) groups is 1. The second-order valence-electron chi connectivity index (χ2n) is 9.34. The van der Waals surface area contributed by atoms with E-state index in [2.05, 4.69) is 44.8 Å². The Morgan fingerprint density at radius 1 is 1.16 bits per heavy atom. The average molecular weight is 429 g/mol. The lowest BCUT2D eigenvalue weighted by molar-refractivity contribution is 0.0513. The van der Waals surface area contributed by atoms with Crippen molar-refractivity contribution in [3.05, 3.63) is 29.8 Å². The van der Waals surface area contributed by atoms with E-state index < -0.39 is 0 Å². The lowest BCUT2D eigenvalue weighted by Crippen LogP contribution is -2.50. The molecule has 3 aliphatic rings. The second kappa shape index (κ2) is 10.7. The number of guanidine groups is 1. The van der Waals surface area contributed by atoms with Crippen LogP contribution in [0.3, 0.4) is 0 Å². The largest absolute Gasteiger partial charge is 0.494 e. The zero-order valence-corrected chi connectivity index (χ0v) is 19.4. The minimum Gasteiger partial charge on any atom is -0.494 e. The fourth-order valence-corrected chi connectivity index (χ4v) is 5.55. The number of likely N-dealkylation sites (tertiary alicyclic amines) is 1. The number of hydrogen-bond acceptors (Lipinski definition) is 4. The Morgan fingerprint density at radius 2 is 1.90 bits per heavy atom. The van der Waals surface area contributed by atoms with E-state index in [1.165, 1.54) is 44.2 Å². The molecular weight excluding hydrogens is 388 g/mol. The van der Waals surface area contributed by atoms with E-state index in [1.807, 2.05) is 14.0 Å². The van der Waals surface area contributed by atoms with Crippen LogP contribution in [-0.2, 0) is 10.2 Å². The van der Waals surface area contributed by atoms with Gasteiger partial charge in [-0.25, -0.2) is 0 Å². The number of ether oxygens (including phenoxy) is 2. The average Bonchev–Trinajstić information content (AvgIpc) is 3.50. The van der Waals surface area contributed by atoms with Gasteiger partial charge in [0.2, 0.25) is 0 Å². The van der Waals surface area contributed by atoms with Crippen molar-refractivity contribution in [3.8, 4) is 5.75 Å². The molecule has 2 N–H and O–H groups in total. The highest BCUT2D eigenvalue weighted by Gasteiger charge is 2.35. The van der Waals surface area contributed by atoms with Crippen LogP contribution >= 0.6 is 0 Å². The van der Waals surface area contributed by atoms with Crippen molar-refractivity contribution >= 4 is 5.96 Å². The van der Waals surface area contributed by atoms with Gasteiger partial charge in [-0.1, -0.05) is 25.0 Å². The van der Waals surface area contributed by atoms with Crippen molar-refractivity contribution in [1.82, 2.24) is 15.5 Å². The summed E-state index contributed by atoms with van der Waals surface area (Å²) in [5.74, 6) is 1.86. The molecule has 0 aromatic heterocycles. The number of hydrogen-bond donors (Lipinski definition) is 2. The van der Waals surface area contributed by atoms with E-state index in [0.717, 1.165) is 56.9 Å². The van der Waals surface area contributed by atoms with Crippen molar-refractivity contribution in [2.75, 3.05) is 46.5 Å². The summed E-state index contributed by atoms with van der Waals surface area (Å²) in [7, 11) is 1.88. The summed E-state index contributed by atoms with van der Waals surface area (Å²) in [6, 6.07) is 9.95. The highest BCUT2D eigenvalue weighted by Crippen LogP contribution is 2.35. The first kappa shape index (κ1) is 22.4. The Bertz CT molecular complexity index is 709. The van der Waals surface area contributed by atoms with Crippen LogP contribution in [0.25, 0.3) is 0 Å². The fourth-order valence-electron chi connectivity index (χ4n) is 5.55. The van der Waals surface area contributed by atoms with Crippen LogP contribution in [0.2, 0.25) is 0 Å². The SMILES string of the molecule is CCOc1ccc(C2(CNC(=NC)NC3CCN(C4CCCC4)C3)CCOCC2)cc1. The summed E-state index contributed by atoms with van der Waals surface area (Å²) in [6.45, 7) is 7.55. The summed E-state index contributed by atoms with van der Waals surface area (Å²) in [6.07, 6.45) is 8.81. The van der Waals surface area contributed by atoms with E-state index in [9.17, 15) is 0 Å². The molecule has 0 spiro atoms. The third kappa shape index (κ3) is 5.53. The van der Waals surface area contributed by atoms with E-state index in [1.54, 1.807) is 0 Å². The lowest BCUT2D eigenvalue weighted by atomic mass is 9.74. The molecular formula is C25H40N4O2. The second-order valence-corrected chi connectivity index (χ2v) is 9.34. The normalized spacial score (nSPS) is 25.0. The zero-order valence-electron chi connectivity index (χ0n) is 19.4.